The molecule has 0 bridgehead atoms. The summed E-state index contributed by atoms with van der Waals surface area (Å²) in [6.45, 7) is 3.77. The molecule has 0 fully saturated rings. The van der Waals surface area contributed by atoms with E-state index in [0.717, 1.165) is 11.5 Å². The van der Waals surface area contributed by atoms with Crippen LogP contribution in [0.1, 0.15) is 11.1 Å². The summed E-state index contributed by atoms with van der Waals surface area (Å²) in [6.07, 6.45) is 2.15. The third-order valence-corrected chi connectivity index (χ3v) is 4.04. The number of benzene rings is 2. The Morgan fingerprint density at radius 2 is 1.65 bits per heavy atom. The summed E-state index contributed by atoms with van der Waals surface area (Å²) >= 11 is 3.64. The minimum atomic E-state index is 1.02. The van der Waals surface area contributed by atoms with Crippen LogP contribution in [0.15, 0.2) is 48.4 Å². The highest BCUT2D eigenvalue weighted by Crippen LogP contribution is 2.26. The van der Waals surface area contributed by atoms with Gasteiger partial charge in [0.05, 0.1) is 0 Å². The molecule has 0 amide bonds. The van der Waals surface area contributed by atoms with Crippen LogP contribution < -0.4 is 0 Å². The molecule has 0 N–H and O–H groups in total. The van der Waals surface area contributed by atoms with Crippen LogP contribution in [0.25, 0.3) is 10.8 Å². The average molecular weight is 260 g/mol. The Hall–Kier alpha value is -0.860. The Bertz CT molecular complexity index is 517. The van der Waals surface area contributed by atoms with E-state index in [0.29, 0.717) is 0 Å². The lowest BCUT2D eigenvalue weighted by Crippen LogP contribution is -1.91. The van der Waals surface area contributed by atoms with Crippen molar-refractivity contribution in [1.82, 2.24) is 0 Å². The van der Waals surface area contributed by atoms with Crippen LogP contribution >= 0.6 is 23.5 Å². The van der Waals surface area contributed by atoms with E-state index < -0.39 is 0 Å². The summed E-state index contributed by atoms with van der Waals surface area (Å²) in [4.78, 5) is 0. The third kappa shape index (κ3) is 3.08. The minimum absolute atomic E-state index is 1.02. The zero-order valence-corrected chi connectivity index (χ0v) is 11.6. The van der Waals surface area contributed by atoms with Gasteiger partial charge in [0.2, 0.25) is 0 Å². The van der Waals surface area contributed by atoms with Gasteiger partial charge in [0.1, 0.15) is 0 Å². The second-order valence-electron chi connectivity index (χ2n) is 3.88. The fourth-order valence-electron chi connectivity index (χ4n) is 1.91. The van der Waals surface area contributed by atoms with Crippen molar-refractivity contribution in [3.05, 3.63) is 59.5 Å². The van der Waals surface area contributed by atoms with E-state index in [4.69, 9.17) is 0 Å². The van der Waals surface area contributed by atoms with E-state index in [2.05, 4.69) is 49.2 Å². The van der Waals surface area contributed by atoms with Crippen LogP contribution in [0.4, 0.5) is 0 Å². The summed E-state index contributed by atoms with van der Waals surface area (Å²) in [5.41, 5.74) is 2.88. The Kier molecular flexibility index (Phi) is 4.57. The van der Waals surface area contributed by atoms with E-state index in [1.54, 1.807) is 11.8 Å². The van der Waals surface area contributed by atoms with Crippen molar-refractivity contribution in [3.8, 4) is 0 Å². The second-order valence-corrected chi connectivity index (χ2v) is 5.70. The fraction of sp³-hybridized carbons (Fsp3) is 0.200. The van der Waals surface area contributed by atoms with Crippen LogP contribution in [0.5, 0.6) is 0 Å². The zero-order valence-electron chi connectivity index (χ0n) is 9.98. The van der Waals surface area contributed by atoms with Crippen LogP contribution in [0.2, 0.25) is 0 Å². The Morgan fingerprint density at radius 1 is 1.06 bits per heavy atom. The lowest BCUT2D eigenvalue weighted by molar-refractivity contribution is 1.30. The highest BCUT2D eigenvalue weighted by molar-refractivity contribution is 8.01. The van der Waals surface area contributed by atoms with Crippen molar-refractivity contribution >= 4 is 34.3 Å². The standard InChI is InChI=1S/C15H16S2/c1-3-17-11-15-9-13-7-5-4-6-12(13)8-14(15)10-16-2/h3-9H,1,10-11H2,2H3. The molecule has 0 saturated carbocycles. The van der Waals surface area contributed by atoms with Crippen molar-refractivity contribution in [1.29, 1.82) is 0 Å². The molecule has 0 aliphatic rings. The van der Waals surface area contributed by atoms with Crippen LogP contribution in [-0.2, 0) is 11.5 Å². The van der Waals surface area contributed by atoms with E-state index in [1.807, 2.05) is 17.2 Å². The Balaban J connectivity index is 2.45. The molecule has 0 saturated heterocycles. The van der Waals surface area contributed by atoms with Gasteiger partial charge in [0.25, 0.3) is 0 Å². The molecular formula is C15H16S2. The Morgan fingerprint density at radius 3 is 2.18 bits per heavy atom. The molecule has 0 atom stereocenters. The third-order valence-electron chi connectivity index (χ3n) is 2.72. The molecule has 88 valence electrons. The first-order chi connectivity index (χ1) is 8.35. The van der Waals surface area contributed by atoms with E-state index in [9.17, 15) is 0 Å². The lowest BCUT2D eigenvalue weighted by Gasteiger charge is -2.10. The topological polar surface area (TPSA) is 0 Å². The number of hydrogen-bond acceptors (Lipinski definition) is 2. The van der Waals surface area contributed by atoms with Gasteiger partial charge >= 0.3 is 0 Å². The SMILES string of the molecule is C=CSCc1cc2ccccc2cc1CSC. The normalized spacial score (nSPS) is 10.6. The molecule has 0 spiro atoms. The van der Waals surface area contributed by atoms with Gasteiger partial charge in [0, 0.05) is 11.5 Å². The van der Waals surface area contributed by atoms with Crippen molar-refractivity contribution < 1.29 is 0 Å². The van der Waals surface area contributed by atoms with E-state index >= 15 is 0 Å². The van der Waals surface area contributed by atoms with Gasteiger partial charge in [-0.25, -0.2) is 0 Å². The maximum absolute atomic E-state index is 3.77. The smallest absolute Gasteiger partial charge is 0.0229 e. The molecule has 2 aromatic rings. The zero-order chi connectivity index (χ0) is 12.1. The largest absolute Gasteiger partial charge is 0.161 e. The number of fused-ring (bicyclic) bond motifs is 1. The minimum Gasteiger partial charge on any atom is -0.161 e. The first kappa shape index (κ1) is 12.6. The molecular weight excluding hydrogens is 244 g/mol. The van der Waals surface area contributed by atoms with Crippen molar-refractivity contribution in [2.45, 2.75) is 11.5 Å². The number of rotatable bonds is 5. The molecule has 0 heterocycles. The summed E-state index contributed by atoms with van der Waals surface area (Å²) in [7, 11) is 0. The molecule has 0 aliphatic carbocycles. The summed E-state index contributed by atoms with van der Waals surface area (Å²) in [5.74, 6) is 2.10. The van der Waals surface area contributed by atoms with Gasteiger partial charge in [-0.3, -0.25) is 0 Å². The van der Waals surface area contributed by atoms with Crippen molar-refractivity contribution in [2.75, 3.05) is 6.26 Å². The quantitative estimate of drug-likeness (QED) is 0.735. The number of thioether (sulfide) groups is 2. The maximum Gasteiger partial charge on any atom is 0.0229 e. The van der Waals surface area contributed by atoms with Crippen LogP contribution in [0.3, 0.4) is 0 Å². The average Bonchev–Trinajstić information content (AvgIpc) is 2.36. The van der Waals surface area contributed by atoms with Crippen molar-refractivity contribution in [3.63, 3.8) is 0 Å². The van der Waals surface area contributed by atoms with Gasteiger partial charge in [-0.2, -0.15) is 11.8 Å². The molecule has 0 nitrogen and oxygen atoms in total. The Labute approximate surface area is 111 Å². The molecule has 0 radical (unpaired) electrons. The monoisotopic (exact) mass is 260 g/mol. The van der Waals surface area contributed by atoms with Crippen LogP contribution in [0, 0.1) is 0 Å². The predicted molar refractivity (Wildman–Crippen MR) is 82.7 cm³/mol. The molecule has 0 aliphatic heterocycles. The van der Waals surface area contributed by atoms with Gasteiger partial charge in [0.15, 0.2) is 0 Å². The molecule has 0 unspecified atom stereocenters. The van der Waals surface area contributed by atoms with Gasteiger partial charge in [-0.15, -0.1) is 11.8 Å². The molecule has 2 rings (SSSR count). The summed E-state index contributed by atoms with van der Waals surface area (Å²) in [5, 5.41) is 4.58. The van der Waals surface area contributed by atoms with E-state index in [-0.39, 0.29) is 0 Å². The molecule has 17 heavy (non-hydrogen) atoms. The second kappa shape index (κ2) is 6.18. The van der Waals surface area contributed by atoms with Gasteiger partial charge in [-0.05, 0) is 33.6 Å². The lowest BCUT2D eigenvalue weighted by atomic mass is 10.0. The summed E-state index contributed by atoms with van der Waals surface area (Å²) in [6, 6.07) is 13.2. The molecule has 2 aromatic carbocycles. The van der Waals surface area contributed by atoms with E-state index in [1.165, 1.54) is 21.9 Å². The van der Waals surface area contributed by atoms with Crippen molar-refractivity contribution in [2.24, 2.45) is 0 Å². The molecule has 2 heteroatoms. The van der Waals surface area contributed by atoms with Gasteiger partial charge in [-0.1, -0.05) is 43.0 Å². The number of hydrogen-bond donors (Lipinski definition) is 0. The summed E-state index contributed by atoms with van der Waals surface area (Å²) < 4.78 is 0. The van der Waals surface area contributed by atoms with Gasteiger partial charge < -0.3 is 0 Å². The van der Waals surface area contributed by atoms with Crippen LogP contribution in [-0.4, -0.2) is 6.26 Å². The predicted octanol–water partition coefficient (Wildman–Crippen LogP) is 5.08. The first-order valence-corrected chi connectivity index (χ1v) is 8.01. The highest BCUT2D eigenvalue weighted by Gasteiger charge is 2.04. The fourth-order valence-corrected chi connectivity index (χ4v) is 3.05. The maximum atomic E-state index is 3.77. The first-order valence-electron chi connectivity index (χ1n) is 5.57. The molecule has 0 aromatic heterocycles. The highest BCUT2D eigenvalue weighted by atomic mass is 32.2.